The lowest BCUT2D eigenvalue weighted by atomic mass is 10.1. The number of halogens is 2. The van der Waals surface area contributed by atoms with Crippen molar-refractivity contribution in [1.82, 2.24) is 5.32 Å². The lowest BCUT2D eigenvalue weighted by molar-refractivity contribution is 0.0526. The van der Waals surface area contributed by atoms with Crippen molar-refractivity contribution < 1.29 is 14.3 Å². The Morgan fingerprint density at radius 2 is 2.08 bits per heavy atom. The zero-order valence-electron chi connectivity index (χ0n) is 14.6. The van der Waals surface area contributed by atoms with Gasteiger partial charge in [0.25, 0.3) is 0 Å². The maximum atomic E-state index is 11.6. The van der Waals surface area contributed by atoms with Crippen LogP contribution in [0.3, 0.4) is 0 Å². The van der Waals surface area contributed by atoms with Gasteiger partial charge >= 0.3 is 6.09 Å². The van der Waals surface area contributed by atoms with Crippen molar-refractivity contribution in [1.29, 1.82) is 0 Å². The predicted octanol–water partition coefficient (Wildman–Crippen LogP) is 4.83. The summed E-state index contributed by atoms with van der Waals surface area (Å²) in [6, 6.07) is 5.71. The number of methoxy groups -OCH3 is 1. The highest BCUT2D eigenvalue weighted by molar-refractivity contribution is 9.10. The van der Waals surface area contributed by atoms with Crippen molar-refractivity contribution in [3.05, 3.63) is 27.7 Å². The second-order valence-corrected chi connectivity index (χ2v) is 7.78. The van der Waals surface area contributed by atoms with Crippen LogP contribution in [0.1, 0.15) is 33.6 Å². The highest BCUT2D eigenvalue weighted by Crippen LogP contribution is 2.27. The zero-order chi connectivity index (χ0) is 18.2. The quantitative estimate of drug-likeness (QED) is 0.590. The molecule has 1 unspecified atom stereocenters. The van der Waals surface area contributed by atoms with Crippen LogP contribution in [0.4, 0.5) is 10.5 Å². The molecule has 0 heterocycles. The number of amides is 1. The first-order valence-electron chi connectivity index (χ1n) is 7.88. The molecule has 0 aliphatic carbocycles. The third-order valence-corrected chi connectivity index (χ3v) is 3.98. The molecule has 0 fully saturated rings. The van der Waals surface area contributed by atoms with E-state index in [1.807, 2.05) is 39.0 Å². The van der Waals surface area contributed by atoms with Gasteiger partial charge in [-0.1, -0.05) is 11.6 Å². The second-order valence-electron chi connectivity index (χ2n) is 6.49. The Morgan fingerprint density at radius 1 is 1.38 bits per heavy atom. The Labute approximate surface area is 157 Å². The third-order valence-electron chi connectivity index (χ3n) is 3.05. The van der Waals surface area contributed by atoms with Gasteiger partial charge in [0.15, 0.2) is 0 Å². The number of benzene rings is 1. The first-order valence-corrected chi connectivity index (χ1v) is 9.05. The van der Waals surface area contributed by atoms with E-state index in [0.29, 0.717) is 18.2 Å². The fraction of sp³-hybridized carbons (Fsp3) is 0.588. The minimum absolute atomic E-state index is 0.116. The summed E-state index contributed by atoms with van der Waals surface area (Å²) < 4.78 is 11.4. The summed E-state index contributed by atoms with van der Waals surface area (Å²) in [7, 11) is 1.67. The van der Waals surface area contributed by atoms with E-state index in [2.05, 4.69) is 26.6 Å². The van der Waals surface area contributed by atoms with Crippen LogP contribution in [0.15, 0.2) is 22.7 Å². The Balaban J connectivity index is 2.43. The molecule has 1 aromatic carbocycles. The van der Waals surface area contributed by atoms with E-state index in [9.17, 15) is 4.79 Å². The first-order chi connectivity index (χ1) is 11.2. The van der Waals surface area contributed by atoms with Crippen molar-refractivity contribution in [3.63, 3.8) is 0 Å². The smallest absolute Gasteiger partial charge is 0.407 e. The SMILES string of the molecule is COCC(CCCNC(=O)OC(C)(C)C)Nc1cc(Cl)ccc1Br. The summed E-state index contributed by atoms with van der Waals surface area (Å²) in [5.74, 6) is 0. The standard InChI is InChI=1S/C17H26BrClN2O3/c1-17(2,3)24-16(22)20-9-5-6-13(11-23-4)21-15-10-12(19)7-8-14(15)18/h7-8,10,13,21H,5-6,9,11H2,1-4H3,(H,20,22). The molecule has 0 aliphatic rings. The van der Waals surface area contributed by atoms with Crippen LogP contribution in [-0.4, -0.2) is 38.0 Å². The number of rotatable bonds is 8. The van der Waals surface area contributed by atoms with Gasteiger partial charge in [-0.3, -0.25) is 0 Å². The molecule has 2 N–H and O–H groups in total. The number of carbonyl (C=O) groups is 1. The number of ether oxygens (including phenoxy) is 2. The van der Waals surface area contributed by atoms with Crippen LogP contribution >= 0.6 is 27.5 Å². The summed E-state index contributed by atoms with van der Waals surface area (Å²) in [5.41, 5.74) is 0.438. The van der Waals surface area contributed by atoms with E-state index < -0.39 is 11.7 Å². The number of nitrogens with one attached hydrogen (secondary N) is 2. The van der Waals surface area contributed by atoms with Gasteiger partial charge in [0.05, 0.1) is 12.3 Å². The van der Waals surface area contributed by atoms with Crippen molar-refractivity contribution >= 4 is 39.3 Å². The molecule has 5 nitrogen and oxygen atoms in total. The van der Waals surface area contributed by atoms with Crippen LogP contribution in [0.5, 0.6) is 0 Å². The topological polar surface area (TPSA) is 59.6 Å². The van der Waals surface area contributed by atoms with Gasteiger partial charge in [-0.15, -0.1) is 0 Å². The monoisotopic (exact) mass is 420 g/mol. The summed E-state index contributed by atoms with van der Waals surface area (Å²) in [6.45, 7) is 6.63. The van der Waals surface area contributed by atoms with E-state index >= 15 is 0 Å². The molecule has 0 radical (unpaired) electrons. The number of alkyl carbamates (subject to hydrolysis) is 1. The molecule has 136 valence electrons. The first kappa shape index (κ1) is 21.1. The molecule has 0 saturated heterocycles. The van der Waals surface area contributed by atoms with Crippen LogP contribution < -0.4 is 10.6 Å². The van der Waals surface area contributed by atoms with Crippen molar-refractivity contribution in [2.45, 2.75) is 45.3 Å². The Kier molecular flexibility index (Phi) is 8.87. The van der Waals surface area contributed by atoms with Gasteiger partial charge in [-0.2, -0.15) is 0 Å². The van der Waals surface area contributed by atoms with E-state index in [1.54, 1.807) is 7.11 Å². The number of anilines is 1. The lowest BCUT2D eigenvalue weighted by Crippen LogP contribution is -2.34. The normalized spacial score (nSPS) is 12.6. The van der Waals surface area contributed by atoms with Gasteiger partial charge < -0.3 is 20.1 Å². The average Bonchev–Trinajstić information content (AvgIpc) is 2.45. The van der Waals surface area contributed by atoms with Gasteiger partial charge in [0, 0.05) is 29.2 Å². The van der Waals surface area contributed by atoms with Gasteiger partial charge in [0.1, 0.15) is 5.60 Å². The fourth-order valence-corrected chi connectivity index (χ4v) is 2.61. The van der Waals surface area contributed by atoms with E-state index in [4.69, 9.17) is 21.1 Å². The maximum Gasteiger partial charge on any atom is 0.407 e. The molecule has 1 atom stereocenters. The molecule has 0 aromatic heterocycles. The summed E-state index contributed by atoms with van der Waals surface area (Å²) in [6.07, 6.45) is 1.25. The lowest BCUT2D eigenvalue weighted by Gasteiger charge is -2.21. The summed E-state index contributed by atoms with van der Waals surface area (Å²) in [5, 5.41) is 6.85. The Morgan fingerprint density at radius 3 is 2.71 bits per heavy atom. The molecule has 7 heteroatoms. The minimum Gasteiger partial charge on any atom is -0.444 e. The summed E-state index contributed by atoms with van der Waals surface area (Å²) >= 11 is 9.54. The molecule has 0 spiro atoms. The summed E-state index contributed by atoms with van der Waals surface area (Å²) in [4.78, 5) is 11.6. The van der Waals surface area contributed by atoms with Gasteiger partial charge in [-0.05, 0) is 67.7 Å². The molecule has 1 rings (SSSR count). The van der Waals surface area contributed by atoms with Crippen LogP contribution in [-0.2, 0) is 9.47 Å². The number of hydrogen-bond donors (Lipinski definition) is 2. The van der Waals surface area contributed by atoms with E-state index in [-0.39, 0.29) is 6.04 Å². The number of carbonyl (C=O) groups excluding carboxylic acids is 1. The largest absolute Gasteiger partial charge is 0.444 e. The molecule has 1 aromatic rings. The second kappa shape index (κ2) is 10.1. The van der Waals surface area contributed by atoms with Crippen LogP contribution in [0.25, 0.3) is 0 Å². The molecular formula is C17H26BrClN2O3. The van der Waals surface area contributed by atoms with E-state index in [1.165, 1.54) is 0 Å². The van der Waals surface area contributed by atoms with Crippen LogP contribution in [0, 0.1) is 0 Å². The maximum absolute atomic E-state index is 11.6. The van der Waals surface area contributed by atoms with Gasteiger partial charge in [-0.25, -0.2) is 4.79 Å². The highest BCUT2D eigenvalue weighted by atomic mass is 79.9. The van der Waals surface area contributed by atoms with Crippen molar-refractivity contribution in [3.8, 4) is 0 Å². The predicted molar refractivity (Wildman–Crippen MR) is 102 cm³/mol. The zero-order valence-corrected chi connectivity index (χ0v) is 17.0. The van der Waals surface area contributed by atoms with E-state index in [0.717, 1.165) is 23.0 Å². The highest BCUT2D eigenvalue weighted by Gasteiger charge is 2.16. The molecule has 0 bridgehead atoms. The van der Waals surface area contributed by atoms with Crippen molar-refractivity contribution in [2.75, 3.05) is 25.6 Å². The molecule has 1 amide bonds. The molecular weight excluding hydrogens is 396 g/mol. The molecule has 0 aliphatic heterocycles. The number of hydrogen-bond acceptors (Lipinski definition) is 4. The Hall–Kier alpha value is -0.980. The third kappa shape index (κ3) is 8.76. The van der Waals surface area contributed by atoms with Gasteiger partial charge in [0.2, 0.25) is 0 Å². The minimum atomic E-state index is -0.483. The van der Waals surface area contributed by atoms with Crippen molar-refractivity contribution in [2.24, 2.45) is 0 Å². The van der Waals surface area contributed by atoms with Crippen LogP contribution in [0.2, 0.25) is 5.02 Å². The Bertz CT molecular complexity index is 535. The molecule has 24 heavy (non-hydrogen) atoms. The molecule has 0 saturated carbocycles. The average molecular weight is 422 g/mol. The fourth-order valence-electron chi connectivity index (χ4n) is 2.08.